The Bertz CT molecular complexity index is 577. The Hall–Kier alpha value is -1.35. The summed E-state index contributed by atoms with van der Waals surface area (Å²) in [5.41, 5.74) is 5.15. The van der Waals surface area contributed by atoms with E-state index in [1.165, 1.54) is 28.9 Å². The molecule has 0 bridgehead atoms. The van der Waals surface area contributed by atoms with Crippen LogP contribution in [0.3, 0.4) is 0 Å². The number of aryl methyl sites for hydroxylation is 3. The van der Waals surface area contributed by atoms with Gasteiger partial charge in [0, 0.05) is 13.5 Å². The minimum atomic E-state index is 0.752. The van der Waals surface area contributed by atoms with Gasteiger partial charge in [0.1, 0.15) is 5.82 Å². The van der Waals surface area contributed by atoms with Crippen molar-refractivity contribution in [1.29, 1.82) is 0 Å². The van der Waals surface area contributed by atoms with E-state index in [-0.39, 0.29) is 0 Å². The Balaban J connectivity index is 2.02. The lowest BCUT2D eigenvalue weighted by molar-refractivity contribution is 0.552. The second-order valence-corrected chi connectivity index (χ2v) is 5.53. The van der Waals surface area contributed by atoms with Crippen LogP contribution in [0.25, 0.3) is 11.0 Å². The molecule has 1 saturated heterocycles. The molecule has 1 aromatic carbocycles. The minimum absolute atomic E-state index is 0.752. The van der Waals surface area contributed by atoms with Gasteiger partial charge in [-0.05, 0) is 56.5 Å². The van der Waals surface area contributed by atoms with Crippen LogP contribution in [0.4, 0.5) is 0 Å². The van der Waals surface area contributed by atoms with Crippen molar-refractivity contribution in [1.82, 2.24) is 14.9 Å². The molecular formula is C15H21N3. The summed E-state index contributed by atoms with van der Waals surface area (Å²) in [6.45, 7) is 6.66. The smallest absolute Gasteiger partial charge is 0.109 e. The molecule has 3 rings (SSSR count). The highest BCUT2D eigenvalue weighted by atomic mass is 15.1. The monoisotopic (exact) mass is 243 g/mol. The number of fused-ring (bicyclic) bond motifs is 1. The predicted octanol–water partition coefficient (Wildman–Crippen LogP) is 2.34. The number of aromatic nitrogens is 2. The Morgan fingerprint density at radius 1 is 1.39 bits per heavy atom. The molecule has 2 heterocycles. The van der Waals surface area contributed by atoms with E-state index in [0.29, 0.717) is 0 Å². The summed E-state index contributed by atoms with van der Waals surface area (Å²) in [5.74, 6) is 1.98. The second kappa shape index (κ2) is 4.39. The summed E-state index contributed by atoms with van der Waals surface area (Å²) in [5, 5.41) is 3.43. The van der Waals surface area contributed by atoms with Gasteiger partial charge in [-0.3, -0.25) is 0 Å². The third kappa shape index (κ3) is 1.83. The quantitative estimate of drug-likeness (QED) is 0.877. The van der Waals surface area contributed by atoms with Crippen molar-refractivity contribution in [2.75, 3.05) is 13.1 Å². The van der Waals surface area contributed by atoms with Crippen LogP contribution in [0, 0.1) is 19.8 Å². The third-order valence-electron chi connectivity index (χ3n) is 4.29. The number of rotatable bonds is 2. The molecule has 1 N–H and O–H groups in total. The molecule has 1 aromatic heterocycles. The highest BCUT2D eigenvalue weighted by Crippen LogP contribution is 2.24. The largest absolute Gasteiger partial charge is 0.331 e. The molecule has 0 saturated carbocycles. The summed E-state index contributed by atoms with van der Waals surface area (Å²) in [6.07, 6.45) is 2.37. The Morgan fingerprint density at radius 2 is 2.22 bits per heavy atom. The first-order valence-electron chi connectivity index (χ1n) is 6.79. The fourth-order valence-corrected chi connectivity index (χ4v) is 2.97. The maximum atomic E-state index is 4.81. The van der Waals surface area contributed by atoms with Gasteiger partial charge in [0.2, 0.25) is 0 Å². The summed E-state index contributed by atoms with van der Waals surface area (Å²) < 4.78 is 2.29. The highest BCUT2D eigenvalue weighted by Gasteiger charge is 2.19. The molecule has 1 aliphatic heterocycles. The van der Waals surface area contributed by atoms with E-state index in [2.05, 4.69) is 42.9 Å². The first-order valence-corrected chi connectivity index (χ1v) is 6.79. The maximum absolute atomic E-state index is 4.81. The van der Waals surface area contributed by atoms with E-state index in [1.807, 2.05) is 0 Å². The Morgan fingerprint density at radius 3 is 2.94 bits per heavy atom. The number of imidazole rings is 1. The zero-order valence-electron chi connectivity index (χ0n) is 11.5. The third-order valence-corrected chi connectivity index (χ3v) is 4.29. The lowest BCUT2D eigenvalue weighted by Gasteiger charge is -2.09. The Kier molecular flexibility index (Phi) is 2.86. The zero-order valence-corrected chi connectivity index (χ0v) is 11.5. The van der Waals surface area contributed by atoms with Crippen molar-refractivity contribution in [3.05, 3.63) is 29.1 Å². The van der Waals surface area contributed by atoms with E-state index in [0.717, 1.165) is 30.9 Å². The van der Waals surface area contributed by atoms with E-state index < -0.39 is 0 Å². The average Bonchev–Trinajstić information content (AvgIpc) is 2.95. The van der Waals surface area contributed by atoms with Gasteiger partial charge >= 0.3 is 0 Å². The van der Waals surface area contributed by atoms with Crippen LogP contribution in [0.2, 0.25) is 0 Å². The van der Waals surface area contributed by atoms with Crippen molar-refractivity contribution in [3.8, 4) is 0 Å². The topological polar surface area (TPSA) is 29.9 Å². The van der Waals surface area contributed by atoms with Crippen LogP contribution < -0.4 is 5.32 Å². The molecule has 3 heteroatoms. The van der Waals surface area contributed by atoms with Gasteiger partial charge < -0.3 is 9.88 Å². The van der Waals surface area contributed by atoms with Crippen LogP contribution in [0.15, 0.2) is 12.1 Å². The SMILES string of the molecule is Cc1ccc2nc(CC3CCNC3)n(C)c2c1C. The zero-order chi connectivity index (χ0) is 12.7. The van der Waals surface area contributed by atoms with Gasteiger partial charge in [-0.15, -0.1) is 0 Å². The number of hydrogen-bond donors (Lipinski definition) is 1. The molecule has 2 aromatic rings. The van der Waals surface area contributed by atoms with E-state index >= 15 is 0 Å². The highest BCUT2D eigenvalue weighted by molar-refractivity contribution is 5.80. The normalized spacial score (nSPS) is 19.8. The minimum Gasteiger partial charge on any atom is -0.331 e. The number of nitrogens with one attached hydrogen (secondary N) is 1. The second-order valence-electron chi connectivity index (χ2n) is 5.53. The fourth-order valence-electron chi connectivity index (χ4n) is 2.97. The number of benzene rings is 1. The van der Waals surface area contributed by atoms with Gasteiger partial charge in [0.25, 0.3) is 0 Å². The standard InChI is InChI=1S/C15H21N3/c1-10-4-5-13-15(11(10)2)18(3)14(17-13)8-12-6-7-16-9-12/h4-5,12,16H,6-9H2,1-3H3. The van der Waals surface area contributed by atoms with Crippen molar-refractivity contribution in [2.45, 2.75) is 26.7 Å². The molecule has 1 atom stereocenters. The predicted molar refractivity (Wildman–Crippen MR) is 74.9 cm³/mol. The van der Waals surface area contributed by atoms with Gasteiger partial charge in [0.05, 0.1) is 11.0 Å². The van der Waals surface area contributed by atoms with Crippen LogP contribution in [0.1, 0.15) is 23.4 Å². The maximum Gasteiger partial charge on any atom is 0.109 e. The van der Waals surface area contributed by atoms with Gasteiger partial charge in [-0.1, -0.05) is 6.07 Å². The molecule has 1 unspecified atom stereocenters. The molecule has 96 valence electrons. The lowest BCUT2D eigenvalue weighted by atomic mass is 10.0. The van der Waals surface area contributed by atoms with Crippen LogP contribution >= 0.6 is 0 Å². The summed E-state index contributed by atoms with van der Waals surface area (Å²) >= 11 is 0. The molecule has 0 amide bonds. The molecule has 1 aliphatic rings. The Labute approximate surface area is 108 Å². The molecule has 3 nitrogen and oxygen atoms in total. The molecule has 1 fully saturated rings. The summed E-state index contributed by atoms with van der Waals surface area (Å²) in [4.78, 5) is 4.81. The molecule has 0 radical (unpaired) electrons. The molecular weight excluding hydrogens is 222 g/mol. The molecule has 0 spiro atoms. The van der Waals surface area contributed by atoms with Crippen LogP contribution in [-0.2, 0) is 13.5 Å². The van der Waals surface area contributed by atoms with Crippen molar-refractivity contribution in [3.63, 3.8) is 0 Å². The van der Waals surface area contributed by atoms with Crippen LogP contribution in [0.5, 0.6) is 0 Å². The van der Waals surface area contributed by atoms with Crippen molar-refractivity contribution >= 4 is 11.0 Å². The first-order chi connectivity index (χ1) is 8.66. The summed E-state index contributed by atoms with van der Waals surface area (Å²) in [7, 11) is 2.15. The van der Waals surface area contributed by atoms with Crippen molar-refractivity contribution in [2.24, 2.45) is 13.0 Å². The molecule has 18 heavy (non-hydrogen) atoms. The first kappa shape index (κ1) is 11.7. The van der Waals surface area contributed by atoms with Crippen LogP contribution in [-0.4, -0.2) is 22.6 Å². The van der Waals surface area contributed by atoms with Crippen molar-refractivity contribution < 1.29 is 0 Å². The van der Waals surface area contributed by atoms with E-state index in [9.17, 15) is 0 Å². The average molecular weight is 243 g/mol. The summed E-state index contributed by atoms with van der Waals surface area (Å²) in [6, 6.07) is 4.32. The van der Waals surface area contributed by atoms with Gasteiger partial charge in [-0.2, -0.15) is 0 Å². The number of nitrogens with zero attached hydrogens (tertiary/aromatic N) is 2. The molecule has 0 aliphatic carbocycles. The lowest BCUT2D eigenvalue weighted by Crippen LogP contribution is -2.13. The fraction of sp³-hybridized carbons (Fsp3) is 0.533. The van der Waals surface area contributed by atoms with Gasteiger partial charge in [0.15, 0.2) is 0 Å². The van der Waals surface area contributed by atoms with E-state index in [1.54, 1.807) is 0 Å². The number of hydrogen-bond acceptors (Lipinski definition) is 2. The van der Waals surface area contributed by atoms with E-state index in [4.69, 9.17) is 4.98 Å². The van der Waals surface area contributed by atoms with Gasteiger partial charge in [-0.25, -0.2) is 4.98 Å².